The minimum absolute atomic E-state index is 0. The van der Waals surface area contributed by atoms with Crippen LogP contribution >= 0.6 is 0 Å². The molecule has 7 aliphatic carbocycles. The molecule has 9 rings (SSSR count). The Kier molecular flexibility index (Phi) is 19.2. The number of hydrogen-bond acceptors (Lipinski definition) is 0. The lowest BCUT2D eigenvalue weighted by molar-refractivity contribution is 0.166. The van der Waals surface area contributed by atoms with Gasteiger partial charge in [0, 0.05) is 0 Å². The summed E-state index contributed by atoms with van der Waals surface area (Å²) in [6.07, 6.45) is 39.0. The van der Waals surface area contributed by atoms with Crippen LogP contribution in [0.25, 0.3) is 0 Å². The fourth-order valence-electron chi connectivity index (χ4n) is 15.4. The Bertz CT molecular complexity index is 2040. The Morgan fingerprint density at radius 2 is 1.41 bits per heavy atom. The SMILES string of the molecule is C=C1CC[C@@H](C2Cc3ccc(C4CCC(C5CCC(C(=C)CC6CCC(CC7=CCC(C)(CCc8cccc([C@H](C)C9CCC9)c8)C(C(C)(C)C)=C7)CC6)CC5)CC4)cc3C2)C(=C)C1.CC.[OH].[OH]. The molecule has 5 fully saturated rings. The Morgan fingerprint density at radius 3 is 2.06 bits per heavy atom. The zero-order valence-corrected chi connectivity index (χ0v) is 44.7. The van der Waals surface area contributed by atoms with Gasteiger partial charge in [0.15, 0.2) is 0 Å². The Morgan fingerprint density at radius 1 is 0.750 bits per heavy atom. The van der Waals surface area contributed by atoms with Gasteiger partial charge in [-0.3, -0.25) is 11.0 Å². The third kappa shape index (κ3) is 12.9. The molecule has 7 aliphatic rings. The molecular formula is C66H98O2. The largest absolute Gasteiger partial charge is 0.255 e. The van der Waals surface area contributed by atoms with E-state index in [0.717, 1.165) is 53.8 Å². The topological polar surface area (TPSA) is 60.0 Å². The molecule has 0 amide bonds. The third-order valence-electron chi connectivity index (χ3n) is 19.8. The van der Waals surface area contributed by atoms with Crippen molar-refractivity contribution < 1.29 is 11.0 Å². The fraction of sp³-hybridized carbons (Fsp3) is 0.667. The summed E-state index contributed by atoms with van der Waals surface area (Å²) in [4.78, 5) is 0. The summed E-state index contributed by atoms with van der Waals surface area (Å²) in [5.41, 5.74) is 16.3. The Hall–Kier alpha value is -2.94. The summed E-state index contributed by atoms with van der Waals surface area (Å²) in [6, 6.07) is 17.4. The van der Waals surface area contributed by atoms with Crippen LogP contribution < -0.4 is 0 Å². The first-order chi connectivity index (χ1) is 31.8. The van der Waals surface area contributed by atoms with Crippen molar-refractivity contribution in [1.82, 2.24) is 0 Å². The molecule has 0 spiro atoms. The highest BCUT2D eigenvalue weighted by Crippen LogP contribution is 2.51. The molecule has 0 heterocycles. The van der Waals surface area contributed by atoms with E-state index in [2.05, 4.69) is 102 Å². The molecule has 2 aromatic carbocycles. The summed E-state index contributed by atoms with van der Waals surface area (Å²) in [7, 11) is 0. The quantitative estimate of drug-likeness (QED) is 0.188. The van der Waals surface area contributed by atoms with E-state index in [4.69, 9.17) is 6.58 Å². The standard InChI is InChI=1S/C64H90.C2H6.2HO/c1-43-15-30-61(45(3)35-43)60-41-58-29-28-57(40-59(58)42-60)55-26-24-54(25-27-55)53-22-20-51(21-23-53)44(2)36-48-16-18-49(19-17-48)37-50-32-34-64(8,62(39-50)63(5,6)7)33-31-47-11-9-14-56(38-47)46(4)52-12-10-13-52;1-2;;/h9,11,14,28-29,32,38-40,46,48-49,51-55,60-61H,1-3,10,12-13,15-27,30-31,33-37,41-42H2,4-8H3;1-2H3;2*1H/t46-,48?,49?,51?,53?,54?,55?,60?,61-,64?;;;/m1.../s1. The second-order valence-corrected chi connectivity index (χ2v) is 25.2. The molecule has 0 saturated heterocycles. The number of benzene rings is 2. The van der Waals surface area contributed by atoms with Crippen LogP contribution in [0.5, 0.6) is 0 Å². The van der Waals surface area contributed by atoms with E-state index in [1.807, 2.05) is 13.8 Å². The first-order valence-corrected chi connectivity index (χ1v) is 28.4. The number of rotatable bonds is 13. The summed E-state index contributed by atoms with van der Waals surface area (Å²) >= 11 is 0. The van der Waals surface area contributed by atoms with E-state index >= 15 is 0 Å². The van der Waals surface area contributed by atoms with Gasteiger partial charge in [0.25, 0.3) is 0 Å². The van der Waals surface area contributed by atoms with Gasteiger partial charge in [-0.15, -0.1) is 0 Å². The summed E-state index contributed by atoms with van der Waals surface area (Å²) in [5.74, 6) is 8.29. The molecule has 374 valence electrons. The lowest BCUT2D eigenvalue weighted by Gasteiger charge is -2.42. The van der Waals surface area contributed by atoms with Crippen molar-refractivity contribution in [1.29, 1.82) is 0 Å². The van der Waals surface area contributed by atoms with E-state index in [1.54, 1.807) is 44.5 Å². The predicted octanol–water partition coefficient (Wildman–Crippen LogP) is 19.1. The molecule has 2 aromatic rings. The smallest absolute Gasteiger partial charge is 0.00701 e. The van der Waals surface area contributed by atoms with E-state index in [-0.39, 0.29) is 21.8 Å². The Labute approximate surface area is 418 Å². The van der Waals surface area contributed by atoms with Gasteiger partial charge >= 0.3 is 0 Å². The molecule has 0 aromatic heterocycles. The van der Waals surface area contributed by atoms with Crippen molar-refractivity contribution >= 4 is 0 Å². The van der Waals surface area contributed by atoms with Crippen molar-refractivity contribution in [3.8, 4) is 0 Å². The average molecular weight is 924 g/mol. The normalized spacial score (nSPS) is 31.3. The highest BCUT2D eigenvalue weighted by atomic mass is 16.0. The monoisotopic (exact) mass is 923 g/mol. The first-order valence-electron chi connectivity index (χ1n) is 28.4. The maximum absolute atomic E-state index is 4.81. The van der Waals surface area contributed by atoms with Crippen molar-refractivity contribution in [2.24, 2.45) is 58.2 Å². The van der Waals surface area contributed by atoms with Gasteiger partial charge in [-0.05, 0) is 252 Å². The van der Waals surface area contributed by atoms with Gasteiger partial charge in [-0.25, -0.2) is 0 Å². The molecule has 2 heteroatoms. The fourth-order valence-corrected chi connectivity index (χ4v) is 15.4. The van der Waals surface area contributed by atoms with Crippen LogP contribution in [0, 0.1) is 58.2 Å². The van der Waals surface area contributed by atoms with Crippen LogP contribution in [0.1, 0.15) is 229 Å². The van der Waals surface area contributed by atoms with Gasteiger partial charge in [0.05, 0.1) is 0 Å². The molecule has 0 bridgehead atoms. The van der Waals surface area contributed by atoms with Gasteiger partial charge in [0.2, 0.25) is 0 Å². The Balaban J connectivity index is 0.00000188. The van der Waals surface area contributed by atoms with Crippen LogP contribution in [-0.4, -0.2) is 11.0 Å². The second-order valence-electron chi connectivity index (χ2n) is 25.2. The first kappa shape index (κ1) is 54.4. The third-order valence-corrected chi connectivity index (χ3v) is 19.8. The second kappa shape index (κ2) is 24.0. The van der Waals surface area contributed by atoms with Gasteiger partial charge in [-0.1, -0.05) is 157 Å². The van der Waals surface area contributed by atoms with Crippen LogP contribution in [0.3, 0.4) is 0 Å². The highest BCUT2D eigenvalue weighted by molar-refractivity contribution is 5.40. The molecule has 2 N–H and O–H groups in total. The van der Waals surface area contributed by atoms with E-state index in [0.29, 0.717) is 11.8 Å². The number of aryl methyl sites for hydroxylation is 1. The number of allylic oxidation sites excluding steroid dienone is 7. The predicted molar refractivity (Wildman–Crippen MR) is 291 cm³/mol. The number of hydrogen-bond donors (Lipinski definition) is 2. The van der Waals surface area contributed by atoms with Crippen molar-refractivity contribution in [2.75, 3.05) is 0 Å². The molecule has 5 saturated carbocycles. The van der Waals surface area contributed by atoms with Gasteiger partial charge < -0.3 is 0 Å². The van der Waals surface area contributed by atoms with E-state index < -0.39 is 0 Å². The van der Waals surface area contributed by atoms with Crippen LogP contribution in [0.15, 0.2) is 102 Å². The summed E-state index contributed by atoms with van der Waals surface area (Å²) < 4.78 is 0. The van der Waals surface area contributed by atoms with Crippen LogP contribution in [0.2, 0.25) is 0 Å². The average Bonchev–Trinajstić information content (AvgIpc) is 3.73. The zero-order valence-electron chi connectivity index (χ0n) is 44.7. The summed E-state index contributed by atoms with van der Waals surface area (Å²) in [6.45, 7) is 30.0. The van der Waals surface area contributed by atoms with Crippen LogP contribution in [-0.2, 0) is 19.3 Å². The molecule has 2 unspecified atom stereocenters. The molecule has 4 atom stereocenters. The molecular weight excluding hydrogens is 825 g/mol. The van der Waals surface area contributed by atoms with Gasteiger partial charge in [0.1, 0.15) is 0 Å². The maximum Gasteiger partial charge on any atom is -0.00701 e. The van der Waals surface area contributed by atoms with Crippen molar-refractivity contribution in [3.05, 3.63) is 130 Å². The lowest BCUT2D eigenvalue weighted by Crippen LogP contribution is -2.30. The molecule has 68 heavy (non-hydrogen) atoms. The van der Waals surface area contributed by atoms with Gasteiger partial charge in [-0.2, -0.15) is 0 Å². The maximum atomic E-state index is 4.81. The van der Waals surface area contributed by atoms with E-state index in [1.165, 1.54) is 165 Å². The highest BCUT2D eigenvalue weighted by Gasteiger charge is 2.39. The minimum atomic E-state index is 0. The molecule has 2 nitrogen and oxygen atoms in total. The van der Waals surface area contributed by atoms with Crippen molar-refractivity contribution in [2.45, 2.75) is 221 Å². The zero-order chi connectivity index (χ0) is 46.6. The minimum Gasteiger partial charge on any atom is -0.255 e. The van der Waals surface area contributed by atoms with Crippen molar-refractivity contribution in [3.63, 3.8) is 0 Å². The lowest BCUT2D eigenvalue weighted by atomic mass is 9.62. The summed E-state index contributed by atoms with van der Waals surface area (Å²) in [5, 5.41) is 0. The molecule has 0 aliphatic heterocycles. The van der Waals surface area contributed by atoms with E-state index in [9.17, 15) is 0 Å². The number of fused-ring (bicyclic) bond motifs is 1. The molecule has 2 radical (unpaired) electrons. The van der Waals surface area contributed by atoms with Crippen LogP contribution in [0.4, 0.5) is 0 Å².